The predicted octanol–water partition coefficient (Wildman–Crippen LogP) is 1.51. The molecule has 1 saturated heterocycles. The van der Waals surface area contributed by atoms with Gasteiger partial charge in [-0.2, -0.15) is 0 Å². The molecule has 1 N–H and O–H groups in total. The molecule has 2 heterocycles. The lowest BCUT2D eigenvalue weighted by atomic mass is 10.0. The number of ether oxygens (including phenoxy) is 2. The van der Waals surface area contributed by atoms with Gasteiger partial charge in [0.05, 0.1) is 11.5 Å². The van der Waals surface area contributed by atoms with Gasteiger partial charge < -0.3 is 14.8 Å². The van der Waals surface area contributed by atoms with Crippen molar-refractivity contribution in [2.45, 2.75) is 38.3 Å². The van der Waals surface area contributed by atoms with Crippen molar-refractivity contribution < 1.29 is 17.9 Å². The predicted molar refractivity (Wildman–Crippen MR) is 80.5 cm³/mol. The minimum absolute atomic E-state index is 0.113. The molecule has 3 rings (SSSR count). The van der Waals surface area contributed by atoms with Gasteiger partial charge in [0.1, 0.15) is 0 Å². The smallest absolute Gasteiger partial charge is 0.231 e. The summed E-state index contributed by atoms with van der Waals surface area (Å²) in [5.41, 5.74) is 1.21. The van der Waals surface area contributed by atoms with E-state index < -0.39 is 9.84 Å². The Kier molecular flexibility index (Phi) is 4.08. The topological polar surface area (TPSA) is 64.6 Å². The van der Waals surface area contributed by atoms with Crippen LogP contribution in [0.4, 0.5) is 0 Å². The van der Waals surface area contributed by atoms with E-state index in [2.05, 4.69) is 18.3 Å². The average molecular weight is 311 g/mol. The van der Waals surface area contributed by atoms with Gasteiger partial charge in [-0.15, -0.1) is 0 Å². The number of sulfone groups is 1. The Morgan fingerprint density at radius 2 is 2.14 bits per heavy atom. The summed E-state index contributed by atoms with van der Waals surface area (Å²) in [6, 6.07) is 6.43. The molecule has 2 unspecified atom stereocenters. The van der Waals surface area contributed by atoms with Crippen molar-refractivity contribution in [3.8, 4) is 11.5 Å². The van der Waals surface area contributed by atoms with E-state index in [0.717, 1.165) is 30.8 Å². The molecule has 1 fully saturated rings. The van der Waals surface area contributed by atoms with E-state index in [1.165, 1.54) is 5.56 Å². The van der Waals surface area contributed by atoms with Crippen LogP contribution in [-0.2, 0) is 16.3 Å². The lowest BCUT2D eigenvalue weighted by Gasteiger charge is -2.18. The van der Waals surface area contributed by atoms with Crippen LogP contribution in [0.2, 0.25) is 0 Å². The summed E-state index contributed by atoms with van der Waals surface area (Å²) in [5.74, 6) is 2.22. The van der Waals surface area contributed by atoms with E-state index >= 15 is 0 Å². The molecular weight excluding hydrogens is 290 g/mol. The number of hydrogen-bond donors (Lipinski definition) is 1. The summed E-state index contributed by atoms with van der Waals surface area (Å²) in [6.45, 7) is 2.41. The Morgan fingerprint density at radius 3 is 2.90 bits per heavy atom. The SMILES string of the molecule is CC(CCc1ccc2c(c1)OCO2)NC1CCS(=O)(=O)C1. The fourth-order valence-electron chi connectivity index (χ4n) is 2.89. The van der Waals surface area contributed by atoms with Crippen molar-refractivity contribution >= 4 is 9.84 Å². The molecule has 116 valence electrons. The van der Waals surface area contributed by atoms with Crippen molar-refractivity contribution in [1.29, 1.82) is 0 Å². The molecule has 0 aromatic heterocycles. The highest BCUT2D eigenvalue weighted by Crippen LogP contribution is 2.32. The minimum atomic E-state index is -2.81. The molecule has 2 atom stereocenters. The van der Waals surface area contributed by atoms with E-state index in [0.29, 0.717) is 18.6 Å². The second kappa shape index (κ2) is 5.85. The van der Waals surface area contributed by atoms with Gasteiger partial charge in [0.15, 0.2) is 21.3 Å². The molecule has 2 aliphatic heterocycles. The second-order valence-corrected chi connectivity index (χ2v) is 8.12. The molecule has 0 aliphatic carbocycles. The normalized spacial score (nSPS) is 24.1. The summed E-state index contributed by atoms with van der Waals surface area (Å²) in [4.78, 5) is 0. The third kappa shape index (κ3) is 3.68. The molecule has 0 amide bonds. The molecular formula is C15H21NO4S. The first-order valence-corrected chi connectivity index (χ1v) is 9.19. The quantitative estimate of drug-likeness (QED) is 0.893. The molecule has 1 aromatic rings. The van der Waals surface area contributed by atoms with E-state index in [4.69, 9.17) is 9.47 Å². The highest BCUT2D eigenvalue weighted by Gasteiger charge is 2.28. The van der Waals surface area contributed by atoms with Crippen molar-refractivity contribution in [2.24, 2.45) is 0 Å². The number of hydrogen-bond acceptors (Lipinski definition) is 5. The standard InChI is InChI=1S/C15H21NO4S/c1-11(16-13-6-7-21(17,18)9-13)2-3-12-4-5-14-15(8-12)20-10-19-14/h4-5,8,11,13,16H,2-3,6-7,9-10H2,1H3. The molecule has 5 nitrogen and oxygen atoms in total. The van der Waals surface area contributed by atoms with Gasteiger partial charge >= 0.3 is 0 Å². The summed E-state index contributed by atoms with van der Waals surface area (Å²) in [7, 11) is -2.81. The number of rotatable bonds is 5. The van der Waals surface area contributed by atoms with Crippen LogP contribution < -0.4 is 14.8 Å². The molecule has 0 radical (unpaired) electrons. The highest BCUT2D eigenvalue weighted by molar-refractivity contribution is 7.91. The molecule has 21 heavy (non-hydrogen) atoms. The zero-order valence-electron chi connectivity index (χ0n) is 12.2. The molecule has 0 saturated carbocycles. The van der Waals surface area contributed by atoms with Crippen LogP contribution in [-0.4, -0.2) is 38.8 Å². The Bertz CT molecular complexity index is 614. The molecule has 6 heteroatoms. The molecule has 0 spiro atoms. The maximum Gasteiger partial charge on any atom is 0.231 e. The van der Waals surface area contributed by atoms with Gasteiger partial charge in [0, 0.05) is 12.1 Å². The molecule has 1 aromatic carbocycles. The van der Waals surface area contributed by atoms with Gasteiger partial charge in [0.2, 0.25) is 6.79 Å². The van der Waals surface area contributed by atoms with Crippen molar-refractivity contribution in [3.05, 3.63) is 23.8 Å². The summed E-state index contributed by atoms with van der Waals surface area (Å²) in [6.07, 6.45) is 2.64. The maximum atomic E-state index is 11.4. The Hall–Kier alpha value is -1.27. The van der Waals surface area contributed by atoms with E-state index in [-0.39, 0.29) is 11.8 Å². The second-order valence-electron chi connectivity index (χ2n) is 5.89. The van der Waals surface area contributed by atoms with Crippen LogP contribution >= 0.6 is 0 Å². The van der Waals surface area contributed by atoms with Crippen LogP contribution in [0.25, 0.3) is 0 Å². The monoisotopic (exact) mass is 311 g/mol. The molecule has 2 aliphatic rings. The van der Waals surface area contributed by atoms with Gasteiger partial charge in [-0.05, 0) is 43.9 Å². The van der Waals surface area contributed by atoms with Crippen molar-refractivity contribution in [3.63, 3.8) is 0 Å². The molecule has 0 bridgehead atoms. The zero-order chi connectivity index (χ0) is 14.9. The van der Waals surface area contributed by atoms with Crippen molar-refractivity contribution in [1.82, 2.24) is 5.32 Å². The van der Waals surface area contributed by atoms with Crippen LogP contribution in [0.15, 0.2) is 18.2 Å². The van der Waals surface area contributed by atoms with Gasteiger partial charge in [-0.1, -0.05) is 6.07 Å². The lowest BCUT2D eigenvalue weighted by Crippen LogP contribution is -2.37. The van der Waals surface area contributed by atoms with Gasteiger partial charge in [-0.3, -0.25) is 0 Å². The first-order valence-electron chi connectivity index (χ1n) is 7.37. The van der Waals surface area contributed by atoms with Crippen molar-refractivity contribution in [2.75, 3.05) is 18.3 Å². The third-order valence-corrected chi connectivity index (χ3v) is 5.82. The van der Waals surface area contributed by atoms with Crippen LogP contribution in [0, 0.1) is 0 Å². The minimum Gasteiger partial charge on any atom is -0.454 e. The largest absolute Gasteiger partial charge is 0.454 e. The van der Waals surface area contributed by atoms with Gasteiger partial charge in [0.25, 0.3) is 0 Å². The van der Waals surface area contributed by atoms with Crippen LogP contribution in [0.5, 0.6) is 11.5 Å². The fourth-order valence-corrected chi connectivity index (χ4v) is 4.58. The van der Waals surface area contributed by atoms with Gasteiger partial charge in [-0.25, -0.2) is 8.42 Å². The lowest BCUT2D eigenvalue weighted by molar-refractivity contribution is 0.174. The van der Waals surface area contributed by atoms with Crippen LogP contribution in [0.3, 0.4) is 0 Å². The maximum absolute atomic E-state index is 11.4. The van der Waals surface area contributed by atoms with E-state index in [1.54, 1.807) is 0 Å². The number of fused-ring (bicyclic) bond motifs is 1. The summed E-state index contributed by atoms with van der Waals surface area (Å²) < 4.78 is 33.6. The van der Waals surface area contributed by atoms with E-state index in [1.807, 2.05) is 12.1 Å². The van der Waals surface area contributed by atoms with E-state index in [9.17, 15) is 8.42 Å². The summed E-state index contributed by atoms with van der Waals surface area (Å²) >= 11 is 0. The Labute approximate surface area is 125 Å². The average Bonchev–Trinajstić information content (AvgIpc) is 3.02. The highest BCUT2D eigenvalue weighted by atomic mass is 32.2. The fraction of sp³-hybridized carbons (Fsp3) is 0.600. The third-order valence-electron chi connectivity index (χ3n) is 4.06. The number of benzene rings is 1. The number of aryl methyl sites for hydroxylation is 1. The Morgan fingerprint density at radius 1 is 1.33 bits per heavy atom. The first kappa shape index (κ1) is 14.7. The van der Waals surface area contributed by atoms with Crippen LogP contribution in [0.1, 0.15) is 25.3 Å². The zero-order valence-corrected chi connectivity index (χ0v) is 13.0. The Balaban J connectivity index is 1.49. The summed E-state index contributed by atoms with van der Waals surface area (Å²) in [5, 5.41) is 3.42. The number of nitrogens with one attached hydrogen (secondary N) is 1. The first-order chi connectivity index (χ1) is 10.0.